The van der Waals surface area contributed by atoms with E-state index in [-0.39, 0.29) is 35.1 Å². The summed E-state index contributed by atoms with van der Waals surface area (Å²) >= 11 is 0. The van der Waals surface area contributed by atoms with Gasteiger partial charge in [-0.3, -0.25) is 14.6 Å². The van der Waals surface area contributed by atoms with Gasteiger partial charge < -0.3 is 10.2 Å². The summed E-state index contributed by atoms with van der Waals surface area (Å²) in [5, 5.41) is 3.29. The highest BCUT2D eigenvalue weighted by atomic mass is 16.2. The van der Waals surface area contributed by atoms with Gasteiger partial charge in [0.2, 0.25) is 5.91 Å². The molecule has 2 heterocycles. The van der Waals surface area contributed by atoms with Crippen molar-refractivity contribution in [3.8, 4) is 0 Å². The van der Waals surface area contributed by atoms with E-state index in [4.69, 9.17) is 0 Å². The third-order valence-electron chi connectivity index (χ3n) is 6.18. The van der Waals surface area contributed by atoms with E-state index in [1.165, 1.54) is 5.56 Å². The van der Waals surface area contributed by atoms with E-state index in [1.54, 1.807) is 24.5 Å². The molecule has 0 aliphatic carbocycles. The van der Waals surface area contributed by atoms with Crippen LogP contribution in [0.25, 0.3) is 0 Å². The van der Waals surface area contributed by atoms with E-state index in [0.29, 0.717) is 31.5 Å². The third-order valence-corrected chi connectivity index (χ3v) is 6.18. The summed E-state index contributed by atoms with van der Waals surface area (Å²) in [5.41, 5.74) is 3.19. The highest BCUT2D eigenvalue weighted by molar-refractivity contribution is 5.94. The molecule has 5 nitrogen and oxygen atoms in total. The molecule has 1 aliphatic heterocycles. The average molecular weight is 422 g/mol. The van der Waals surface area contributed by atoms with Crippen LogP contribution in [0.15, 0.2) is 48.8 Å². The minimum absolute atomic E-state index is 0.0141. The second-order valence-corrected chi connectivity index (χ2v) is 9.90. The lowest BCUT2D eigenvalue weighted by Crippen LogP contribution is -2.44. The first-order valence-corrected chi connectivity index (χ1v) is 11.3. The fourth-order valence-corrected chi connectivity index (χ4v) is 4.12. The molecular formula is C26H35N3O2. The lowest BCUT2D eigenvalue weighted by molar-refractivity contribution is -0.127. The first-order chi connectivity index (χ1) is 14.7. The van der Waals surface area contributed by atoms with Crippen LogP contribution in [0.3, 0.4) is 0 Å². The van der Waals surface area contributed by atoms with Crippen molar-refractivity contribution in [3.63, 3.8) is 0 Å². The van der Waals surface area contributed by atoms with Crippen LogP contribution in [0.1, 0.15) is 75.0 Å². The molecule has 0 unspecified atom stereocenters. The molecule has 0 saturated carbocycles. The number of likely N-dealkylation sites (tertiary alicyclic amines) is 1. The van der Waals surface area contributed by atoms with E-state index in [0.717, 1.165) is 5.56 Å². The van der Waals surface area contributed by atoms with E-state index in [9.17, 15) is 9.59 Å². The van der Waals surface area contributed by atoms with Crippen LogP contribution in [-0.4, -0.2) is 34.8 Å². The summed E-state index contributed by atoms with van der Waals surface area (Å²) < 4.78 is 0. The molecule has 1 aromatic heterocycles. The minimum Gasteiger partial charge on any atom is -0.349 e. The van der Waals surface area contributed by atoms with Crippen molar-refractivity contribution in [2.75, 3.05) is 13.1 Å². The lowest BCUT2D eigenvalue weighted by atomic mass is 9.85. The van der Waals surface area contributed by atoms with Crippen LogP contribution in [0.5, 0.6) is 0 Å². The number of hydrogen-bond donors (Lipinski definition) is 1. The van der Waals surface area contributed by atoms with Gasteiger partial charge in [0.1, 0.15) is 0 Å². The molecule has 0 spiro atoms. The number of nitrogens with zero attached hydrogens (tertiary/aromatic N) is 2. The Morgan fingerprint density at radius 1 is 1.00 bits per heavy atom. The van der Waals surface area contributed by atoms with E-state index in [2.05, 4.69) is 69.2 Å². The Bertz CT molecular complexity index is 877. The molecule has 166 valence electrons. The first-order valence-electron chi connectivity index (χ1n) is 11.3. The highest BCUT2D eigenvalue weighted by Crippen LogP contribution is 2.28. The molecule has 2 aromatic rings. The van der Waals surface area contributed by atoms with E-state index < -0.39 is 0 Å². The van der Waals surface area contributed by atoms with Crippen molar-refractivity contribution in [3.05, 3.63) is 65.5 Å². The first kappa shape index (κ1) is 23.0. The van der Waals surface area contributed by atoms with Crippen LogP contribution < -0.4 is 5.32 Å². The molecular weight excluding hydrogens is 386 g/mol. The zero-order valence-electron chi connectivity index (χ0n) is 19.4. The number of aromatic nitrogens is 1. The topological polar surface area (TPSA) is 62.3 Å². The number of amides is 2. The van der Waals surface area contributed by atoms with Crippen LogP contribution in [0, 0.1) is 11.8 Å². The van der Waals surface area contributed by atoms with Crippen LogP contribution in [0.4, 0.5) is 0 Å². The summed E-state index contributed by atoms with van der Waals surface area (Å²) in [6.07, 6.45) is 4.65. The zero-order chi connectivity index (χ0) is 22.6. The molecule has 0 bridgehead atoms. The van der Waals surface area contributed by atoms with Gasteiger partial charge >= 0.3 is 0 Å². The van der Waals surface area contributed by atoms with Gasteiger partial charge in [0.15, 0.2) is 0 Å². The predicted molar refractivity (Wildman–Crippen MR) is 124 cm³/mol. The molecule has 1 aromatic carbocycles. The molecule has 2 amide bonds. The molecule has 3 rings (SSSR count). The molecule has 1 N–H and O–H groups in total. The Balaban J connectivity index is 1.60. The van der Waals surface area contributed by atoms with Crippen LogP contribution >= 0.6 is 0 Å². The van der Waals surface area contributed by atoms with Crippen molar-refractivity contribution in [2.24, 2.45) is 11.8 Å². The Labute approximate surface area is 186 Å². The number of carbonyl (C=O) groups is 2. The molecule has 1 atom stereocenters. The number of rotatable bonds is 5. The summed E-state index contributed by atoms with van der Waals surface area (Å²) in [6.45, 7) is 12.1. The monoisotopic (exact) mass is 421 g/mol. The van der Waals surface area contributed by atoms with Gasteiger partial charge in [-0.1, -0.05) is 58.9 Å². The van der Waals surface area contributed by atoms with Gasteiger partial charge in [-0.15, -0.1) is 0 Å². The largest absolute Gasteiger partial charge is 0.349 e. The van der Waals surface area contributed by atoms with Crippen molar-refractivity contribution in [1.29, 1.82) is 0 Å². The third kappa shape index (κ3) is 5.72. The maximum Gasteiger partial charge on any atom is 0.253 e. The molecule has 1 aliphatic rings. The molecule has 0 radical (unpaired) electrons. The normalized spacial score (nSPS) is 16.3. The second kappa shape index (κ2) is 9.63. The van der Waals surface area contributed by atoms with Crippen molar-refractivity contribution >= 4 is 11.8 Å². The Morgan fingerprint density at radius 3 is 2.10 bits per heavy atom. The highest BCUT2D eigenvalue weighted by Gasteiger charge is 2.30. The van der Waals surface area contributed by atoms with Gasteiger partial charge in [0, 0.05) is 37.0 Å². The Morgan fingerprint density at radius 2 is 1.58 bits per heavy atom. The number of carbonyl (C=O) groups excluding carboxylic acids is 2. The van der Waals surface area contributed by atoms with E-state index >= 15 is 0 Å². The summed E-state index contributed by atoms with van der Waals surface area (Å²) in [6, 6.07) is 12.1. The maximum atomic E-state index is 13.0. The SMILES string of the molecule is CC(C)[C@@H](NC(=O)C1CCN(C(=O)c2ccncc2)CC1)c1ccc(C(C)(C)C)cc1. The molecule has 1 saturated heterocycles. The quantitative estimate of drug-likeness (QED) is 0.758. The number of nitrogens with one attached hydrogen (secondary N) is 1. The maximum absolute atomic E-state index is 13.0. The molecule has 31 heavy (non-hydrogen) atoms. The number of hydrogen-bond acceptors (Lipinski definition) is 3. The standard InChI is InChI=1S/C26H35N3O2/c1-18(2)23(19-6-8-22(9-7-19)26(3,4)5)28-24(30)20-12-16-29(17-13-20)25(31)21-10-14-27-15-11-21/h6-11,14-15,18,20,23H,12-13,16-17H2,1-5H3,(H,28,30)/t23-/m1/s1. The van der Waals surface area contributed by atoms with Crippen molar-refractivity contribution < 1.29 is 9.59 Å². The van der Waals surface area contributed by atoms with Gasteiger partial charge in [-0.05, 0) is 47.4 Å². The van der Waals surface area contributed by atoms with Crippen LogP contribution in [0.2, 0.25) is 0 Å². The lowest BCUT2D eigenvalue weighted by Gasteiger charge is -2.33. The fraction of sp³-hybridized carbons (Fsp3) is 0.500. The van der Waals surface area contributed by atoms with Crippen LogP contribution in [-0.2, 0) is 10.2 Å². The Hall–Kier alpha value is -2.69. The summed E-state index contributed by atoms with van der Waals surface area (Å²) in [4.78, 5) is 31.5. The average Bonchev–Trinajstić information content (AvgIpc) is 2.77. The number of piperidine rings is 1. The van der Waals surface area contributed by atoms with Gasteiger partial charge in [0.25, 0.3) is 5.91 Å². The molecule has 5 heteroatoms. The Kier molecular flexibility index (Phi) is 7.14. The predicted octanol–water partition coefficient (Wildman–Crippen LogP) is 4.74. The fourth-order valence-electron chi connectivity index (χ4n) is 4.12. The smallest absolute Gasteiger partial charge is 0.253 e. The number of pyridine rings is 1. The summed E-state index contributed by atoms with van der Waals surface area (Å²) in [7, 11) is 0. The second-order valence-electron chi connectivity index (χ2n) is 9.90. The zero-order valence-corrected chi connectivity index (χ0v) is 19.4. The van der Waals surface area contributed by atoms with Gasteiger partial charge in [-0.2, -0.15) is 0 Å². The van der Waals surface area contributed by atoms with Gasteiger partial charge in [-0.25, -0.2) is 0 Å². The number of benzene rings is 1. The molecule has 1 fully saturated rings. The van der Waals surface area contributed by atoms with E-state index in [1.807, 2.05) is 4.90 Å². The van der Waals surface area contributed by atoms with Crippen molar-refractivity contribution in [2.45, 2.75) is 58.9 Å². The summed E-state index contributed by atoms with van der Waals surface area (Å²) in [5.74, 6) is 0.337. The van der Waals surface area contributed by atoms with Gasteiger partial charge in [0.05, 0.1) is 6.04 Å². The minimum atomic E-state index is -0.0587. The van der Waals surface area contributed by atoms with Crippen molar-refractivity contribution in [1.82, 2.24) is 15.2 Å².